The van der Waals surface area contributed by atoms with Crippen molar-refractivity contribution in [3.05, 3.63) is 90.0 Å². The minimum absolute atomic E-state index is 0.164. The average molecular weight is 411 g/mol. The lowest BCUT2D eigenvalue weighted by molar-refractivity contribution is 0.483. The molecule has 0 aliphatic heterocycles. The lowest BCUT2D eigenvalue weighted by Crippen LogP contribution is -2.02. The molecular formula is C21H15ClN2O3S. The van der Waals surface area contributed by atoms with Gasteiger partial charge in [0.05, 0.1) is 22.0 Å². The first-order valence-corrected chi connectivity index (χ1v) is 10.2. The van der Waals surface area contributed by atoms with Gasteiger partial charge in [0.25, 0.3) is 10.1 Å². The molecule has 0 fully saturated rings. The summed E-state index contributed by atoms with van der Waals surface area (Å²) in [5.41, 5.74) is 4.16. The van der Waals surface area contributed by atoms with E-state index in [1.807, 2.05) is 48.5 Å². The normalized spacial score (nSPS) is 11.5. The molecule has 0 radical (unpaired) electrons. The second-order valence-corrected chi connectivity index (χ2v) is 8.03. The maximum atomic E-state index is 11.3. The summed E-state index contributed by atoms with van der Waals surface area (Å²) in [6.07, 6.45) is 0. The van der Waals surface area contributed by atoms with E-state index in [1.54, 1.807) is 28.9 Å². The van der Waals surface area contributed by atoms with Gasteiger partial charge in [0.2, 0.25) is 0 Å². The van der Waals surface area contributed by atoms with E-state index in [0.29, 0.717) is 10.7 Å². The Morgan fingerprint density at radius 1 is 0.821 bits per heavy atom. The molecule has 1 heterocycles. The molecule has 140 valence electrons. The highest BCUT2D eigenvalue weighted by molar-refractivity contribution is 7.85. The lowest BCUT2D eigenvalue weighted by atomic mass is 10.1. The molecule has 4 rings (SSSR count). The molecule has 0 aliphatic carbocycles. The SMILES string of the molecule is O=S(=O)(O)c1ccc(-n2nc(-c3ccc(Cl)cc3)cc2-c2ccccc2)cc1. The van der Waals surface area contributed by atoms with Crippen LogP contribution in [0.5, 0.6) is 0 Å². The molecule has 0 aliphatic rings. The zero-order valence-corrected chi connectivity index (χ0v) is 16.1. The third-order valence-corrected chi connectivity index (χ3v) is 5.42. The van der Waals surface area contributed by atoms with Crippen molar-refractivity contribution in [2.75, 3.05) is 0 Å². The monoisotopic (exact) mass is 410 g/mol. The summed E-state index contributed by atoms with van der Waals surface area (Å²) in [7, 11) is -4.25. The molecule has 1 N–H and O–H groups in total. The Morgan fingerprint density at radius 2 is 1.46 bits per heavy atom. The van der Waals surface area contributed by atoms with Crippen molar-refractivity contribution in [3.8, 4) is 28.2 Å². The standard InChI is InChI=1S/C21H15ClN2O3S/c22-17-8-6-15(7-9-17)20-14-21(16-4-2-1-3-5-16)24(23-20)18-10-12-19(13-11-18)28(25,26)27/h1-14H,(H,25,26,27). The van der Waals surface area contributed by atoms with Crippen LogP contribution in [-0.4, -0.2) is 22.8 Å². The van der Waals surface area contributed by atoms with Gasteiger partial charge in [-0.15, -0.1) is 0 Å². The third kappa shape index (κ3) is 3.71. The topological polar surface area (TPSA) is 72.2 Å². The molecule has 0 bridgehead atoms. The van der Waals surface area contributed by atoms with Crippen molar-refractivity contribution in [2.45, 2.75) is 4.90 Å². The Balaban J connectivity index is 1.86. The van der Waals surface area contributed by atoms with E-state index in [9.17, 15) is 13.0 Å². The Morgan fingerprint density at radius 3 is 2.07 bits per heavy atom. The molecule has 0 unspecified atom stereocenters. The number of rotatable bonds is 4. The molecule has 0 saturated heterocycles. The first-order chi connectivity index (χ1) is 13.4. The summed E-state index contributed by atoms with van der Waals surface area (Å²) in [5, 5.41) is 5.36. The fourth-order valence-corrected chi connectivity index (χ4v) is 3.52. The van der Waals surface area contributed by atoms with E-state index < -0.39 is 10.1 Å². The Hall–Kier alpha value is -2.93. The van der Waals surface area contributed by atoms with Gasteiger partial charge in [0, 0.05) is 16.1 Å². The van der Waals surface area contributed by atoms with Crippen molar-refractivity contribution in [3.63, 3.8) is 0 Å². The maximum Gasteiger partial charge on any atom is 0.294 e. The number of hydrogen-bond donors (Lipinski definition) is 1. The van der Waals surface area contributed by atoms with Crippen LogP contribution in [0.4, 0.5) is 0 Å². The predicted octanol–water partition coefficient (Wildman–Crippen LogP) is 5.11. The van der Waals surface area contributed by atoms with Gasteiger partial charge in [-0.05, 0) is 42.5 Å². The Labute approximate surface area is 167 Å². The van der Waals surface area contributed by atoms with Crippen LogP contribution in [0.25, 0.3) is 28.2 Å². The molecule has 0 atom stereocenters. The number of hydrogen-bond acceptors (Lipinski definition) is 3. The summed E-state index contributed by atoms with van der Waals surface area (Å²) in [6, 6.07) is 25.0. The Bertz CT molecular complexity index is 1220. The van der Waals surface area contributed by atoms with Crippen molar-refractivity contribution in [1.82, 2.24) is 9.78 Å². The fourth-order valence-electron chi connectivity index (χ4n) is 2.91. The van der Waals surface area contributed by atoms with Crippen LogP contribution in [0.3, 0.4) is 0 Å². The van der Waals surface area contributed by atoms with Gasteiger partial charge in [0.1, 0.15) is 0 Å². The molecule has 3 aromatic carbocycles. The predicted molar refractivity (Wildman–Crippen MR) is 109 cm³/mol. The minimum Gasteiger partial charge on any atom is -0.282 e. The van der Waals surface area contributed by atoms with E-state index in [2.05, 4.69) is 0 Å². The van der Waals surface area contributed by atoms with Crippen molar-refractivity contribution >= 4 is 21.7 Å². The van der Waals surface area contributed by atoms with Gasteiger partial charge in [-0.25, -0.2) is 4.68 Å². The van der Waals surface area contributed by atoms with Gasteiger partial charge in [0.15, 0.2) is 0 Å². The van der Waals surface area contributed by atoms with E-state index >= 15 is 0 Å². The van der Waals surface area contributed by atoms with E-state index in [-0.39, 0.29) is 4.90 Å². The second-order valence-electron chi connectivity index (χ2n) is 6.17. The summed E-state index contributed by atoms with van der Waals surface area (Å²) in [6.45, 7) is 0. The molecule has 7 heteroatoms. The largest absolute Gasteiger partial charge is 0.294 e. The van der Waals surface area contributed by atoms with Crippen LogP contribution in [0.1, 0.15) is 0 Å². The second kappa shape index (κ2) is 7.24. The summed E-state index contributed by atoms with van der Waals surface area (Å²) in [5.74, 6) is 0. The number of benzene rings is 3. The summed E-state index contributed by atoms with van der Waals surface area (Å²) < 4.78 is 33.6. The number of aromatic nitrogens is 2. The first kappa shape index (κ1) is 18.4. The number of nitrogens with zero attached hydrogens (tertiary/aromatic N) is 2. The summed E-state index contributed by atoms with van der Waals surface area (Å²) >= 11 is 5.98. The van der Waals surface area contributed by atoms with E-state index in [0.717, 1.165) is 22.5 Å². The zero-order chi connectivity index (χ0) is 19.7. The average Bonchev–Trinajstić information content (AvgIpc) is 3.14. The molecular weight excluding hydrogens is 396 g/mol. The van der Waals surface area contributed by atoms with Crippen molar-refractivity contribution in [1.29, 1.82) is 0 Å². The molecule has 28 heavy (non-hydrogen) atoms. The van der Waals surface area contributed by atoms with Crippen LogP contribution in [0.15, 0.2) is 89.8 Å². The number of halogens is 1. The highest BCUT2D eigenvalue weighted by Gasteiger charge is 2.15. The van der Waals surface area contributed by atoms with Crippen LogP contribution >= 0.6 is 11.6 Å². The molecule has 4 aromatic rings. The van der Waals surface area contributed by atoms with Crippen LogP contribution in [0, 0.1) is 0 Å². The molecule has 1 aromatic heterocycles. The van der Waals surface area contributed by atoms with Gasteiger partial charge in [-0.3, -0.25) is 4.55 Å². The van der Waals surface area contributed by atoms with Crippen LogP contribution < -0.4 is 0 Å². The molecule has 5 nitrogen and oxygen atoms in total. The van der Waals surface area contributed by atoms with Gasteiger partial charge >= 0.3 is 0 Å². The highest BCUT2D eigenvalue weighted by Crippen LogP contribution is 2.29. The zero-order valence-electron chi connectivity index (χ0n) is 14.5. The van der Waals surface area contributed by atoms with Gasteiger partial charge in [-0.1, -0.05) is 54.1 Å². The summed E-state index contributed by atoms with van der Waals surface area (Å²) in [4.78, 5) is -0.164. The molecule has 0 amide bonds. The lowest BCUT2D eigenvalue weighted by Gasteiger charge is -2.08. The van der Waals surface area contributed by atoms with Crippen LogP contribution in [-0.2, 0) is 10.1 Å². The highest BCUT2D eigenvalue weighted by atomic mass is 35.5. The molecule has 0 saturated carbocycles. The quantitative estimate of drug-likeness (QED) is 0.475. The van der Waals surface area contributed by atoms with E-state index in [4.69, 9.17) is 16.7 Å². The minimum atomic E-state index is -4.25. The van der Waals surface area contributed by atoms with Crippen molar-refractivity contribution in [2.24, 2.45) is 0 Å². The third-order valence-electron chi connectivity index (χ3n) is 4.30. The first-order valence-electron chi connectivity index (χ1n) is 8.41. The smallest absolute Gasteiger partial charge is 0.282 e. The Kier molecular flexibility index (Phi) is 4.77. The maximum absolute atomic E-state index is 11.3. The van der Waals surface area contributed by atoms with Crippen molar-refractivity contribution < 1.29 is 13.0 Å². The van der Waals surface area contributed by atoms with Gasteiger partial charge in [-0.2, -0.15) is 13.5 Å². The van der Waals surface area contributed by atoms with Crippen LogP contribution in [0.2, 0.25) is 5.02 Å². The van der Waals surface area contributed by atoms with Gasteiger partial charge < -0.3 is 0 Å². The fraction of sp³-hybridized carbons (Fsp3) is 0. The molecule has 0 spiro atoms. The van der Waals surface area contributed by atoms with E-state index in [1.165, 1.54) is 12.1 Å².